The number of amides is 1. The van der Waals surface area contributed by atoms with E-state index in [1.165, 1.54) is 83.5 Å². The summed E-state index contributed by atoms with van der Waals surface area (Å²) in [6.45, 7) is 6.60. The number of nitrogens with zero attached hydrogens (tertiary/aromatic N) is 1. The number of carbonyl (C=O) groups is 2. The van der Waals surface area contributed by atoms with Gasteiger partial charge in [0.1, 0.15) is 19.3 Å². The number of phosphoric ester groups is 1. The van der Waals surface area contributed by atoms with E-state index in [9.17, 15) is 19.0 Å². The third-order valence-corrected chi connectivity index (χ3v) is 13.1. The zero-order valence-corrected chi connectivity index (χ0v) is 48.9. The summed E-state index contributed by atoms with van der Waals surface area (Å²) >= 11 is 0. The minimum atomic E-state index is -4.73. The molecule has 0 aliphatic rings. The number of hydrogen-bond donors (Lipinski definition) is 1. The fourth-order valence-corrected chi connectivity index (χ4v) is 8.33. The summed E-state index contributed by atoms with van der Waals surface area (Å²) in [6, 6.07) is -0.949. The van der Waals surface area contributed by atoms with Crippen LogP contribution in [0.2, 0.25) is 0 Å². The Morgan fingerprint density at radius 2 is 0.878 bits per heavy atom. The monoisotopic (exact) mass is 1050 g/mol. The lowest BCUT2D eigenvalue weighted by molar-refractivity contribution is -0.870. The first-order valence-electron chi connectivity index (χ1n) is 29.3. The van der Waals surface area contributed by atoms with Crippen molar-refractivity contribution in [1.82, 2.24) is 5.32 Å². The first-order valence-corrected chi connectivity index (χ1v) is 30.8. The van der Waals surface area contributed by atoms with Crippen LogP contribution in [0.1, 0.15) is 220 Å². The van der Waals surface area contributed by atoms with E-state index < -0.39 is 32.5 Å². The third-order valence-electron chi connectivity index (χ3n) is 12.1. The molecule has 3 unspecified atom stereocenters. The third kappa shape index (κ3) is 53.2. The number of unbranched alkanes of at least 4 members (excludes halogenated alkanes) is 17. The van der Waals surface area contributed by atoms with Gasteiger partial charge in [0.05, 0.1) is 33.8 Å². The minimum Gasteiger partial charge on any atom is -0.756 e. The maximum atomic E-state index is 13.5. The van der Waals surface area contributed by atoms with Crippen molar-refractivity contribution >= 4 is 19.7 Å². The molecular weight excluding hydrogens is 940 g/mol. The number of esters is 1. The summed E-state index contributed by atoms with van der Waals surface area (Å²) in [5.41, 5.74) is 0. The van der Waals surface area contributed by atoms with Gasteiger partial charge in [0.15, 0.2) is 0 Å². The van der Waals surface area contributed by atoms with Crippen LogP contribution in [0.4, 0.5) is 0 Å². The van der Waals surface area contributed by atoms with E-state index >= 15 is 0 Å². The molecule has 0 aliphatic carbocycles. The Bertz CT molecular complexity index is 1680. The zero-order chi connectivity index (χ0) is 54.3. The molecule has 0 saturated carbocycles. The van der Waals surface area contributed by atoms with Crippen LogP contribution in [0.5, 0.6) is 0 Å². The number of rotatable bonds is 51. The van der Waals surface area contributed by atoms with E-state index in [4.69, 9.17) is 13.8 Å². The van der Waals surface area contributed by atoms with E-state index in [2.05, 4.69) is 123 Å². The van der Waals surface area contributed by atoms with E-state index in [1.54, 1.807) is 6.08 Å². The van der Waals surface area contributed by atoms with Gasteiger partial charge in [-0.2, -0.15) is 0 Å². The van der Waals surface area contributed by atoms with Crippen molar-refractivity contribution in [3.05, 3.63) is 122 Å². The molecule has 0 fully saturated rings. The van der Waals surface area contributed by atoms with Gasteiger partial charge < -0.3 is 28.5 Å². The van der Waals surface area contributed by atoms with Gasteiger partial charge in [-0.1, -0.05) is 220 Å². The number of phosphoric acid groups is 1. The summed E-state index contributed by atoms with van der Waals surface area (Å²) in [7, 11) is 1.10. The molecule has 0 saturated heterocycles. The van der Waals surface area contributed by atoms with E-state index in [0.29, 0.717) is 23.9 Å². The molecule has 0 aromatic carbocycles. The summed E-state index contributed by atoms with van der Waals surface area (Å²) < 4.78 is 30.2. The predicted molar refractivity (Wildman–Crippen MR) is 316 cm³/mol. The highest BCUT2D eigenvalue weighted by Gasteiger charge is 2.27. The van der Waals surface area contributed by atoms with E-state index in [1.807, 2.05) is 39.4 Å². The summed E-state index contributed by atoms with van der Waals surface area (Å²) in [5.74, 6) is -0.683. The number of hydrogen-bond acceptors (Lipinski definition) is 7. The number of ether oxygens (including phenoxy) is 1. The molecule has 0 rings (SSSR count). The molecule has 1 amide bonds. The van der Waals surface area contributed by atoms with Crippen molar-refractivity contribution in [3.8, 4) is 0 Å². The Morgan fingerprint density at radius 1 is 0.486 bits per heavy atom. The van der Waals surface area contributed by atoms with Gasteiger partial charge in [-0.05, 0) is 109 Å². The second-order valence-electron chi connectivity index (χ2n) is 20.4. The first-order chi connectivity index (χ1) is 35.9. The molecule has 0 aromatic heterocycles. The highest BCUT2D eigenvalue weighted by atomic mass is 31.2. The molecular formula is C64H109N2O7P. The average Bonchev–Trinajstić information content (AvgIpc) is 3.36. The lowest BCUT2D eigenvalue weighted by Crippen LogP contribution is -2.47. The van der Waals surface area contributed by atoms with Crippen LogP contribution in [0, 0.1) is 0 Å². The Balaban J connectivity index is 5.53. The molecule has 0 bridgehead atoms. The lowest BCUT2D eigenvalue weighted by atomic mass is 10.0. The molecule has 0 spiro atoms. The van der Waals surface area contributed by atoms with Crippen molar-refractivity contribution < 1.29 is 37.3 Å². The average molecular weight is 1050 g/mol. The standard InChI is InChI=1S/C64H109N2O7P/c1-7-10-13-16-19-22-25-28-30-32-33-34-36-39-42-45-48-51-54-57-64(68)73-62(55-52-49-46-43-40-37-27-24-21-18-15-12-9-3)61(60-72-74(69,70)71-59-58-66(4,5)6)65-63(67)56-53-50-47-44-41-38-35-31-29-26-23-20-17-14-11-8-2/h11,14,19-20,22-23,28-31,33-34,38-39,41-42,47,50,52,55,61-62H,7-10,12-13,15-18,21,24-27,32,35-37,40,43-46,48-49,51,53-54,56-60H2,1-6H3,(H-,65,67,69,70)/b14-11+,22-19-,23-20+,30-28-,31-29+,34-33-,41-38+,42-39-,50-47+,55-52+. The summed E-state index contributed by atoms with van der Waals surface area (Å²) in [4.78, 5) is 39.9. The van der Waals surface area contributed by atoms with Gasteiger partial charge in [0, 0.05) is 12.8 Å². The van der Waals surface area contributed by atoms with E-state index in [-0.39, 0.29) is 25.4 Å². The quantitative estimate of drug-likeness (QED) is 0.0212. The minimum absolute atomic E-state index is 0.0474. The SMILES string of the molecule is CC/C=C/C/C=C/C/C=C/C/C=C/C/C=C/CCC(=O)NC(COP(=O)([O-])OCC[N+](C)(C)C)C(/C=C/CCCCCCCCCCCCC)OC(=O)CCCCC/C=C\C/C=C\C/C=C\C/C=C\CCCCC. The largest absolute Gasteiger partial charge is 0.756 e. The second-order valence-corrected chi connectivity index (χ2v) is 21.8. The molecule has 422 valence electrons. The Kier molecular flexibility index (Phi) is 50.3. The van der Waals surface area contributed by atoms with Gasteiger partial charge in [0.25, 0.3) is 7.82 Å². The van der Waals surface area contributed by atoms with Crippen LogP contribution in [-0.4, -0.2) is 69.4 Å². The number of quaternary nitrogens is 1. The normalized spacial score (nSPS) is 14.6. The lowest BCUT2D eigenvalue weighted by Gasteiger charge is -2.30. The van der Waals surface area contributed by atoms with Crippen molar-refractivity contribution in [3.63, 3.8) is 0 Å². The predicted octanol–water partition coefficient (Wildman–Crippen LogP) is 17.3. The highest BCUT2D eigenvalue weighted by molar-refractivity contribution is 7.45. The van der Waals surface area contributed by atoms with Crippen LogP contribution in [0.3, 0.4) is 0 Å². The van der Waals surface area contributed by atoms with Gasteiger partial charge in [-0.3, -0.25) is 14.2 Å². The van der Waals surface area contributed by atoms with Crippen LogP contribution in [-0.2, 0) is 27.9 Å². The Morgan fingerprint density at radius 3 is 1.35 bits per heavy atom. The number of likely N-dealkylation sites (N-methyl/N-ethyl adjacent to an activating group) is 1. The fraction of sp³-hybridized carbons (Fsp3) is 0.656. The maximum absolute atomic E-state index is 13.5. The van der Waals surface area contributed by atoms with Gasteiger partial charge >= 0.3 is 5.97 Å². The van der Waals surface area contributed by atoms with E-state index in [0.717, 1.165) is 89.9 Å². The molecule has 0 radical (unpaired) electrons. The van der Waals surface area contributed by atoms with Crippen LogP contribution in [0.25, 0.3) is 0 Å². The van der Waals surface area contributed by atoms with Gasteiger partial charge in [-0.15, -0.1) is 0 Å². The number of carbonyl (C=O) groups excluding carboxylic acids is 2. The Hall–Kier alpha value is -3.59. The molecule has 1 N–H and O–H groups in total. The molecule has 10 heteroatoms. The number of nitrogens with one attached hydrogen (secondary N) is 1. The molecule has 0 heterocycles. The molecule has 0 aromatic rings. The van der Waals surface area contributed by atoms with Crippen molar-refractivity contribution in [2.75, 3.05) is 40.9 Å². The van der Waals surface area contributed by atoms with Crippen molar-refractivity contribution in [2.45, 2.75) is 232 Å². The topological polar surface area (TPSA) is 114 Å². The zero-order valence-electron chi connectivity index (χ0n) is 48.0. The van der Waals surface area contributed by atoms with Crippen LogP contribution < -0.4 is 10.2 Å². The smallest absolute Gasteiger partial charge is 0.306 e. The second kappa shape index (κ2) is 52.8. The molecule has 3 atom stereocenters. The van der Waals surface area contributed by atoms with Crippen LogP contribution >= 0.6 is 7.82 Å². The fourth-order valence-electron chi connectivity index (χ4n) is 7.61. The number of allylic oxidation sites excluding steroid dienone is 19. The van der Waals surface area contributed by atoms with Gasteiger partial charge in [-0.25, -0.2) is 0 Å². The molecule has 0 aliphatic heterocycles. The van der Waals surface area contributed by atoms with Crippen molar-refractivity contribution in [2.24, 2.45) is 0 Å². The molecule has 9 nitrogen and oxygen atoms in total. The highest BCUT2D eigenvalue weighted by Crippen LogP contribution is 2.38. The summed E-state index contributed by atoms with van der Waals surface area (Å²) in [6.07, 6.45) is 73.2. The maximum Gasteiger partial charge on any atom is 0.306 e. The van der Waals surface area contributed by atoms with Crippen LogP contribution in [0.15, 0.2) is 122 Å². The Labute approximate surface area is 454 Å². The van der Waals surface area contributed by atoms with Gasteiger partial charge in [0.2, 0.25) is 5.91 Å². The summed E-state index contributed by atoms with van der Waals surface area (Å²) in [5, 5.41) is 2.96. The molecule has 74 heavy (non-hydrogen) atoms. The first kappa shape index (κ1) is 70.4. The van der Waals surface area contributed by atoms with Crippen molar-refractivity contribution in [1.29, 1.82) is 0 Å².